The van der Waals surface area contributed by atoms with Gasteiger partial charge in [0.1, 0.15) is 11.2 Å². The monoisotopic (exact) mass is 551 g/mol. The maximum absolute atomic E-state index is 15.1. The molecule has 5 rings (SSSR count). The van der Waals surface area contributed by atoms with Crippen LogP contribution < -0.4 is 10.6 Å². The molecule has 0 aromatic carbocycles. The average molecular weight is 552 g/mol. The minimum absolute atomic E-state index is 0.0173. The summed E-state index contributed by atoms with van der Waals surface area (Å²) in [6.45, 7) is 4.51. The van der Waals surface area contributed by atoms with Crippen molar-refractivity contribution in [3.05, 3.63) is 29.8 Å². The summed E-state index contributed by atoms with van der Waals surface area (Å²) in [5, 5.41) is 17.7. The van der Waals surface area contributed by atoms with E-state index in [2.05, 4.69) is 35.9 Å². The number of hydrogen-bond acceptors (Lipinski definition) is 9. The number of aryl methyl sites for hydroxylation is 1. The number of ether oxygens (including phenoxy) is 1. The topological polar surface area (TPSA) is 104 Å². The van der Waals surface area contributed by atoms with Crippen LogP contribution in [0.1, 0.15) is 25.5 Å². The Labute approximate surface area is 223 Å². The van der Waals surface area contributed by atoms with Crippen molar-refractivity contribution in [2.75, 3.05) is 57.7 Å². The van der Waals surface area contributed by atoms with Gasteiger partial charge in [0.25, 0.3) is 5.92 Å². The average Bonchev–Trinajstić information content (AvgIpc) is 3.21. The van der Waals surface area contributed by atoms with Crippen molar-refractivity contribution in [2.24, 2.45) is 10.2 Å². The first-order chi connectivity index (χ1) is 18.7. The van der Waals surface area contributed by atoms with Crippen LogP contribution in [-0.4, -0.2) is 89.6 Å². The van der Waals surface area contributed by atoms with E-state index in [1.54, 1.807) is 45.0 Å². The van der Waals surface area contributed by atoms with Crippen LogP contribution in [0.2, 0.25) is 0 Å². The first-order valence-electron chi connectivity index (χ1n) is 12.8. The molecule has 1 atom stereocenters. The SMILES string of the molecule is CCCF.CN=Nc1ccc(-c2c(F)cn3nc(NC4CCN(C5COC5)CC4(F)F)nc(NC)c23)nc1C. The van der Waals surface area contributed by atoms with Crippen LogP contribution in [0, 0.1) is 12.7 Å². The lowest BCUT2D eigenvalue weighted by molar-refractivity contribution is -0.131. The van der Waals surface area contributed by atoms with Crippen LogP contribution in [0.25, 0.3) is 16.8 Å². The van der Waals surface area contributed by atoms with E-state index in [0.29, 0.717) is 48.8 Å². The fourth-order valence-electron chi connectivity index (χ4n) is 4.48. The number of aromatic nitrogens is 4. The Morgan fingerprint density at radius 3 is 2.54 bits per heavy atom. The molecule has 0 spiro atoms. The molecule has 0 aliphatic carbocycles. The molecule has 2 aliphatic heterocycles. The van der Waals surface area contributed by atoms with Gasteiger partial charge in [0.2, 0.25) is 5.95 Å². The molecule has 0 radical (unpaired) electrons. The predicted octanol–water partition coefficient (Wildman–Crippen LogP) is 4.88. The Bertz CT molecular complexity index is 1310. The Balaban J connectivity index is 0.000000826. The molecule has 0 bridgehead atoms. The molecule has 1 unspecified atom stereocenters. The summed E-state index contributed by atoms with van der Waals surface area (Å²) >= 11 is 0. The lowest BCUT2D eigenvalue weighted by Gasteiger charge is -2.44. The molecule has 0 amide bonds. The molecule has 2 fully saturated rings. The fraction of sp³-hybridized carbons (Fsp3) is 0.560. The molecule has 2 saturated heterocycles. The number of piperidine rings is 1. The maximum atomic E-state index is 15.1. The number of pyridine rings is 1. The van der Waals surface area contributed by atoms with Gasteiger partial charge >= 0.3 is 0 Å². The molecule has 3 aromatic heterocycles. The second-order valence-corrected chi connectivity index (χ2v) is 9.38. The summed E-state index contributed by atoms with van der Waals surface area (Å²) < 4.78 is 62.1. The number of alkyl halides is 3. The number of rotatable bonds is 7. The third kappa shape index (κ3) is 6.11. The number of nitrogens with zero attached hydrogens (tertiary/aromatic N) is 7. The number of nitrogens with one attached hydrogen (secondary N) is 2. The number of azo groups is 1. The van der Waals surface area contributed by atoms with Crippen molar-refractivity contribution in [3.63, 3.8) is 0 Å². The predicted molar refractivity (Wildman–Crippen MR) is 140 cm³/mol. The lowest BCUT2D eigenvalue weighted by atomic mass is 9.98. The Kier molecular flexibility index (Phi) is 8.95. The van der Waals surface area contributed by atoms with Gasteiger partial charge in [-0.05, 0) is 31.9 Å². The van der Waals surface area contributed by atoms with E-state index in [4.69, 9.17) is 4.74 Å². The van der Waals surface area contributed by atoms with E-state index in [0.717, 1.165) is 0 Å². The number of likely N-dealkylation sites (tertiary alicyclic amines) is 1. The zero-order chi connectivity index (χ0) is 28.2. The minimum Gasteiger partial charge on any atom is -0.378 e. The van der Waals surface area contributed by atoms with Gasteiger partial charge in [0.05, 0.1) is 61.7 Å². The van der Waals surface area contributed by atoms with Gasteiger partial charge in [-0.1, -0.05) is 6.92 Å². The molecule has 0 saturated carbocycles. The van der Waals surface area contributed by atoms with Crippen LogP contribution in [-0.2, 0) is 4.74 Å². The van der Waals surface area contributed by atoms with E-state index in [-0.39, 0.29) is 43.0 Å². The number of fused-ring (bicyclic) bond motifs is 1. The number of hydrogen-bond donors (Lipinski definition) is 2. The molecule has 2 aliphatic rings. The van der Waals surface area contributed by atoms with E-state index < -0.39 is 17.8 Å². The molecule has 212 valence electrons. The fourth-order valence-corrected chi connectivity index (χ4v) is 4.48. The summed E-state index contributed by atoms with van der Waals surface area (Å²) in [6.07, 6.45) is 2.06. The lowest BCUT2D eigenvalue weighted by Crippen LogP contribution is -2.61. The van der Waals surface area contributed by atoms with Crippen LogP contribution >= 0.6 is 0 Å². The third-order valence-electron chi connectivity index (χ3n) is 6.60. The summed E-state index contributed by atoms with van der Waals surface area (Å²) in [5.41, 5.74) is 2.08. The van der Waals surface area contributed by atoms with Crippen molar-refractivity contribution >= 4 is 23.0 Å². The molecule has 3 aromatic rings. The van der Waals surface area contributed by atoms with Gasteiger partial charge in [-0.15, -0.1) is 5.10 Å². The molecular formula is C25H33F4N9O. The third-order valence-corrected chi connectivity index (χ3v) is 6.60. The first-order valence-corrected chi connectivity index (χ1v) is 12.8. The van der Waals surface area contributed by atoms with Crippen LogP contribution in [0.4, 0.5) is 35.0 Å². The first kappa shape index (κ1) is 28.6. The zero-order valence-corrected chi connectivity index (χ0v) is 22.4. The molecule has 2 N–H and O–H groups in total. The van der Waals surface area contributed by atoms with Crippen molar-refractivity contribution in [1.82, 2.24) is 24.5 Å². The highest BCUT2D eigenvalue weighted by molar-refractivity contribution is 5.88. The van der Waals surface area contributed by atoms with E-state index >= 15 is 4.39 Å². The van der Waals surface area contributed by atoms with Crippen LogP contribution in [0.3, 0.4) is 0 Å². The normalized spacial score (nSPS) is 19.5. The van der Waals surface area contributed by atoms with E-state index in [9.17, 15) is 13.2 Å². The van der Waals surface area contributed by atoms with Gasteiger partial charge < -0.3 is 15.4 Å². The number of halogens is 4. The minimum atomic E-state index is -2.99. The largest absolute Gasteiger partial charge is 0.378 e. The highest BCUT2D eigenvalue weighted by Gasteiger charge is 2.47. The Morgan fingerprint density at radius 1 is 1.23 bits per heavy atom. The van der Waals surface area contributed by atoms with Crippen molar-refractivity contribution in [1.29, 1.82) is 0 Å². The standard InChI is InChI=1S/C22H26F3N9O.C3H7F/c1-12-15(31-27-3)4-5-16(28-12)18-14(23)8-34-19(18)20(26-2)30-21(32-34)29-17-6-7-33(11-22(17,24)25)13-9-35-10-13;1-2-3-4/h4-5,8,13,17H,6-7,9-11H2,1-3H3,(H2,26,29,30,32);2-3H2,1H3. The maximum Gasteiger partial charge on any atom is 0.280 e. The van der Waals surface area contributed by atoms with Gasteiger partial charge in [-0.3, -0.25) is 14.3 Å². The van der Waals surface area contributed by atoms with Gasteiger partial charge in [0.15, 0.2) is 11.6 Å². The highest BCUT2D eigenvalue weighted by Crippen LogP contribution is 2.35. The van der Waals surface area contributed by atoms with Gasteiger partial charge in [-0.25, -0.2) is 17.7 Å². The Hall–Kier alpha value is -3.39. The number of anilines is 2. The highest BCUT2D eigenvalue weighted by atomic mass is 19.3. The molecular weight excluding hydrogens is 518 g/mol. The molecule has 5 heterocycles. The zero-order valence-electron chi connectivity index (χ0n) is 22.4. The van der Waals surface area contributed by atoms with Crippen LogP contribution in [0.15, 0.2) is 28.6 Å². The molecule has 10 nitrogen and oxygen atoms in total. The second-order valence-electron chi connectivity index (χ2n) is 9.38. The summed E-state index contributed by atoms with van der Waals surface area (Å²) in [4.78, 5) is 10.6. The van der Waals surface area contributed by atoms with Crippen LogP contribution in [0.5, 0.6) is 0 Å². The van der Waals surface area contributed by atoms with Crippen molar-refractivity contribution in [2.45, 2.75) is 44.7 Å². The summed E-state index contributed by atoms with van der Waals surface area (Å²) in [7, 11) is 3.18. The Morgan fingerprint density at radius 2 is 1.97 bits per heavy atom. The summed E-state index contributed by atoms with van der Waals surface area (Å²) in [6, 6.07) is 2.24. The quantitative estimate of drug-likeness (QED) is 0.319. The second kappa shape index (κ2) is 12.2. The van der Waals surface area contributed by atoms with Gasteiger partial charge in [0, 0.05) is 20.6 Å². The smallest absolute Gasteiger partial charge is 0.280 e. The van der Waals surface area contributed by atoms with E-state index in [1.165, 1.54) is 10.7 Å². The van der Waals surface area contributed by atoms with E-state index in [1.807, 2.05) is 0 Å². The van der Waals surface area contributed by atoms with Crippen molar-refractivity contribution in [3.8, 4) is 11.3 Å². The molecule has 39 heavy (non-hydrogen) atoms. The van der Waals surface area contributed by atoms with Crippen molar-refractivity contribution < 1.29 is 22.3 Å². The molecule has 14 heteroatoms. The van der Waals surface area contributed by atoms with Gasteiger partial charge in [-0.2, -0.15) is 15.2 Å². The summed E-state index contributed by atoms with van der Waals surface area (Å²) in [5.74, 6) is -3.29.